The number of carbonyl (C=O) groups excluding carboxylic acids is 1. The standard InChI is InChI=1S/C13H11ClN4O2/c14-9-2-1-8-3-4-18(12(8)5-9)7-10-6-11(17-20-10)13(19)16-15/h1-6H,7,15H2,(H,16,19). The van der Waals surface area contributed by atoms with Crippen LogP contribution in [-0.4, -0.2) is 15.6 Å². The summed E-state index contributed by atoms with van der Waals surface area (Å²) in [5, 5.41) is 5.40. The van der Waals surface area contributed by atoms with E-state index in [2.05, 4.69) is 5.16 Å². The molecule has 1 aromatic carbocycles. The number of benzene rings is 1. The zero-order valence-electron chi connectivity index (χ0n) is 10.3. The second-order valence-corrected chi connectivity index (χ2v) is 4.74. The predicted octanol–water partition coefficient (Wildman–Crippen LogP) is 1.93. The van der Waals surface area contributed by atoms with E-state index in [9.17, 15) is 4.79 Å². The number of halogens is 1. The summed E-state index contributed by atoms with van der Waals surface area (Å²) in [4.78, 5) is 11.3. The third-order valence-electron chi connectivity index (χ3n) is 2.98. The zero-order valence-corrected chi connectivity index (χ0v) is 11.1. The Bertz CT molecular complexity index is 778. The van der Waals surface area contributed by atoms with Crippen molar-refractivity contribution in [3.05, 3.63) is 53.0 Å². The summed E-state index contributed by atoms with van der Waals surface area (Å²) in [7, 11) is 0. The summed E-state index contributed by atoms with van der Waals surface area (Å²) >= 11 is 6.00. The first-order chi connectivity index (χ1) is 9.67. The van der Waals surface area contributed by atoms with Gasteiger partial charge in [0.25, 0.3) is 5.91 Å². The molecule has 0 saturated heterocycles. The molecular formula is C13H11ClN4O2. The number of rotatable bonds is 3. The highest BCUT2D eigenvalue weighted by Crippen LogP contribution is 2.21. The van der Waals surface area contributed by atoms with Gasteiger partial charge in [-0.3, -0.25) is 10.2 Å². The second-order valence-electron chi connectivity index (χ2n) is 4.30. The van der Waals surface area contributed by atoms with E-state index in [1.54, 1.807) is 6.07 Å². The number of nitrogens with one attached hydrogen (secondary N) is 1. The maximum atomic E-state index is 11.3. The quantitative estimate of drug-likeness (QED) is 0.438. The van der Waals surface area contributed by atoms with Crippen LogP contribution in [0.4, 0.5) is 0 Å². The normalized spacial score (nSPS) is 10.9. The largest absolute Gasteiger partial charge is 0.359 e. The molecule has 0 atom stereocenters. The zero-order chi connectivity index (χ0) is 14.1. The fourth-order valence-corrected chi connectivity index (χ4v) is 2.20. The average molecular weight is 291 g/mol. The Morgan fingerprint density at radius 3 is 3.05 bits per heavy atom. The van der Waals surface area contributed by atoms with Crippen LogP contribution < -0.4 is 11.3 Å². The third kappa shape index (κ3) is 2.26. The van der Waals surface area contributed by atoms with Gasteiger partial charge in [-0.05, 0) is 23.6 Å². The Hall–Kier alpha value is -2.31. The minimum atomic E-state index is -0.486. The van der Waals surface area contributed by atoms with Gasteiger partial charge in [-0.15, -0.1) is 0 Å². The van der Waals surface area contributed by atoms with E-state index in [-0.39, 0.29) is 5.69 Å². The van der Waals surface area contributed by atoms with Crippen molar-refractivity contribution in [3.63, 3.8) is 0 Å². The van der Waals surface area contributed by atoms with Crippen LogP contribution in [0.5, 0.6) is 0 Å². The Labute approximate surface area is 119 Å². The number of hydrogen-bond acceptors (Lipinski definition) is 4. The van der Waals surface area contributed by atoms with E-state index < -0.39 is 5.91 Å². The van der Waals surface area contributed by atoms with E-state index in [0.717, 1.165) is 10.9 Å². The average Bonchev–Trinajstić information content (AvgIpc) is 3.06. The number of carbonyl (C=O) groups is 1. The number of fused-ring (bicyclic) bond motifs is 1. The summed E-state index contributed by atoms with van der Waals surface area (Å²) in [6.45, 7) is 0.453. The first-order valence-electron chi connectivity index (χ1n) is 5.88. The summed E-state index contributed by atoms with van der Waals surface area (Å²) in [5.41, 5.74) is 3.14. The van der Waals surface area contributed by atoms with Crippen molar-refractivity contribution >= 4 is 28.4 Å². The van der Waals surface area contributed by atoms with Gasteiger partial charge >= 0.3 is 0 Å². The minimum Gasteiger partial charge on any atom is -0.359 e. The number of amides is 1. The molecule has 0 aliphatic heterocycles. The lowest BCUT2D eigenvalue weighted by Crippen LogP contribution is -2.30. The molecule has 0 aliphatic carbocycles. The van der Waals surface area contributed by atoms with Crippen molar-refractivity contribution in [2.24, 2.45) is 5.84 Å². The van der Waals surface area contributed by atoms with E-state index in [0.29, 0.717) is 17.3 Å². The molecule has 20 heavy (non-hydrogen) atoms. The summed E-state index contributed by atoms with van der Waals surface area (Å²) in [6.07, 6.45) is 1.92. The van der Waals surface area contributed by atoms with E-state index >= 15 is 0 Å². The van der Waals surface area contributed by atoms with Gasteiger partial charge in [0.05, 0.1) is 6.54 Å². The van der Waals surface area contributed by atoms with Gasteiger partial charge < -0.3 is 9.09 Å². The molecule has 0 fully saturated rings. The molecule has 7 heteroatoms. The van der Waals surface area contributed by atoms with Gasteiger partial charge in [0.2, 0.25) is 0 Å². The molecule has 102 valence electrons. The van der Waals surface area contributed by atoms with Gasteiger partial charge in [0.1, 0.15) is 0 Å². The molecule has 3 N–H and O–H groups in total. The SMILES string of the molecule is NNC(=O)c1cc(Cn2ccc3ccc(Cl)cc32)on1. The van der Waals surface area contributed by atoms with Crippen LogP contribution in [0, 0.1) is 0 Å². The number of hydrogen-bond donors (Lipinski definition) is 2. The topological polar surface area (TPSA) is 86.1 Å². The van der Waals surface area contributed by atoms with Crippen molar-refractivity contribution in [2.75, 3.05) is 0 Å². The molecule has 0 spiro atoms. The van der Waals surface area contributed by atoms with Gasteiger partial charge in [-0.2, -0.15) is 0 Å². The molecule has 3 rings (SSSR count). The molecule has 0 radical (unpaired) electrons. The molecule has 6 nitrogen and oxygen atoms in total. The van der Waals surface area contributed by atoms with Gasteiger partial charge in [0.15, 0.2) is 11.5 Å². The molecule has 3 aromatic rings. The lowest BCUT2D eigenvalue weighted by Gasteiger charge is -2.02. The van der Waals surface area contributed by atoms with Crippen LogP contribution in [0.2, 0.25) is 5.02 Å². The predicted molar refractivity (Wildman–Crippen MR) is 74.2 cm³/mol. The molecule has 2 aromatic heterocycles. The maximum absolute atomic E-state index is 11.3. The number of nitrogen functional groups attached to an aromatic ring is 1. The van der Waals surface area contributed by atoms with E-state index in [1.165, 1.54) is 0 Å². The summed E-state index contributed by atoms with van der Waals surface area (Å²) in [5.74, 6) is 5.11. The van der Waals surface area contributed by atoms with E-state index in [4.69, 9.17) is 22.0 Å². The Morgan fingerprint density at radius 2 is 2.25 bits per heavy atom. The molecule has 0 aliphatic rings. The molecule has 0 saturated carbocycles. The number of nitrogens with zero attached hydrogens (tertiary/aromatic N) is 2. The summed E-state index contributed by atoms with van der Waals surface area (Å²) < 4.78 is 7.08. The highest BCUT2D eigenvalue weighted by atomic mass is 35.5. The number of hydrazine groups is 1. The van der Waals surface area contributed by atoms with Crippen molar-refractivity contribution in [3.8, 4) is 0 Å². The van der Waals surface area contributed by atoms with Crippen LogP contribution in [-0.2, 0) is 6.54 Å². The van der Waals surface area contributed by atoms with Crippen molar-refractivity contribution in [1.29, 1.82) is 0 Å². The van der Waals surface area contributed by atoms with Crippen LogP contribution in [0.1, 0.15) is 16.2 Å². The van der Waals surface area contributed by atoms with Gasteiger partial charge in [0, 0.05) is 22.8 Å². The second kappa shape index (κ2) is 4.99. The number of aromatic nitrogens is 2. The smallest absolute Gasteiger partial charge is 0.287 e. The van der Waals surface area contributed by atoms with Crippen molar-refractivity contribution in [1.82, 2.24) is 15.1 Å². The fourth-order valence-electron chi connectivity index (χ4n) is 2.03. The van der Waals surface area contributed by atoms with E-state index in [1.807, 2.05) is 40.5 Å². The van der Waals surface area contributed by atoms with Crippen LogP contribution in [0.25, 0.3) is 10.9 Å². The van der Waals surface area contributed by atoms with Gasteiger partial charge in [-0.1, -0.05) is 22.8 Å². The third-order valence-corrected chi connectivity index (χ3v) is 3.22. The summed E-state index contributed by atoms with van der Waals surface area (Å²) in [6, 6.07) is 9.20. The number of nitrogens with two attached hydrogens (primary N) is 1. The lowest BCUT2D eigenvalue weighted by molar-refractivity contribution is 0.0944. The maximum Gasteiger partial charge on any atom is 0.287 e. The molecule has 2 heterocycles. The van der Waals surface area contributed by atoms with Crippen LogP contribution in [0.3, 0.4) is 0 Å². The van der Waals surface area contributed by atoms with Gasteiger partial charge in [-0.25, -0.2) is 5.84 Å². The molecule has 1 amide bonds. The fraction of sp³-hybridized carbons (Fsp3) is 0.0769. The van der Waals surface area contributed by atoms with Crippen LogP contribution in [0.15, 0.2) is 41.1 Å². The first kappa shape index (κ1) is 12.7. The Kier molecular flexibility index (Phi) is 3.17. The minimum absolute atomic E-state index is 0.150. The van der Waals surface area contributed by atoms with Crippen molar-refractivity contribution < 1.29 is 9.32 Å². The Morgan fingerprint density at radius 1 is 1.40 bits per heavy atom. The first-order valence-corrected chi connectivity index (χ1v) is 6.26. The molecule has 0 bridgehead atoms. The highest BCUT2D eigenvalue weighted by molar-refractivity contribution is 6.31. The molecular weight excluding hydrogens is 280 g/mol. The highest BCUT2D eigenvalue weighted by Gasteiger charge is 2.12. The molecule has 0 unspecified atom stereocenters. The monoisotopic (exact) mass is 290 g/mol. The van der Waals surface area contributed by atoms with Crippen LogP contribution >= 0.6 is 11.6 Å². The van der Waals surface area contributed by atoms with Crippen molar-refractivity contribution in [2.45, 2.75) is 6.54 Å². The Balaban J connectivity index is 1.91. The lowest BCUT2D eigenvalue weighted by atomic mass is 10.2.